The number of ether oxygens (including phenoxy) is 1. The fourth-order valence-electron chi connectivity index (χ4n) is 3.04. The summed E-state index contributed by atoms with van der Waals surface area (Å²) in [5, 5.41) is 4.03. The Kier molecular flexibility index (Phi) is 4.72. The third-order valence-corrected chi connectivity index (χ3v) is 4.81. The van der Waals surface area contributed by atoms with E-state index in [9.17, 15) is 9.59 Å². The average Bonchev–Trinajstić information content (AvgIpc) is 3.09. The van der Waals surface area contributed by atoms with Gasteiger partial charge in [0.25, 0.3) is 0 Å². The lowest BCUT2D eigenvalue weighted by molar-refractivity contribution is -0.151. The molecule has 1 aliphatic carbocycles. The summed E-state index contributed by atoms with van der Waals surface area (Å²) in [4.78, 5) is 24.9. The van der Waals surface area contributed by atoms with Crippen LogP contribution < -0.4 is 0 Å². The Morgan fingerprint density at radius 2 is 2.04 bits per heavy atom. The van der Waals surface area contributed by atoms with Crippen molar-refractivity contribution in [2.75, 3.05) is 6.61 Å². The summed E-state index contributed by atoms with van der Waals surface area (Å²) in [5.74, 6) is -1.51. The lowest BCUT2D eigenvalue weighted by Crippen LogP contribution is -2.33. The van der Waals surface area contributed by atoms with Crippen molar-refractivity contribution in [3.8, 4) is 0 Å². The molecule has 0 saturated carbocycles. The van der Waals surface area contributed by atoms with Crippen LogP contribution in [0.4, 0.5) is 0 Å². The zero-order chi connectivity index (χ0) is 16.2. The van der Waals surface area contributed by atoms with Crippen LogP contribution in [0.15, 0.2) is 53.2 Å². The minimum atomic E-state index is -0.750. The van der Waals surface area contributed by atoms with Gasteiger partial charge in [0, 0.05) is 5.92 Å². The number of rotatable bonds is 4. The molecule has 118 valence electrons. The number of allylic oxidation sites excluding steroid dienone is 2. The van der Waals surface area contributed by atoms with E-state index < -0.39 is 11.9 Å². The van der Waals surface area contributed by atoms with Gasteiger partial charge in [0.05, 0.1) is 6.61 Å². The van der Waals surface area contributed by atoms with Crippen molar-refractivity contribution >= 4 is 28.7 Å². The van der Waals surface area contributed by atoms with E-state index in [1.807, 2.05) is 47.2 Å². The van der Waals surface area contributed by atoms with E-state index in [2.05, 4.69) is 0 Å². The lowest BCUT2D eigenvalue weighted by atomic mass is 9.74. The molecular weight excluding hydrogens is 308 g/mol. The molecule has 1 heterocycles. The van der Waals surface area contributed by atoms with E-state index in [4.69, 9.17) is 4.74 Å². The largest absolute Gasteiger partial charge is 0.465 e. The topological polar surface area (TPSA) is 43.4 Å². The predicted octanol–water partition coefficient (Wildman–Crippen LogP) is 4.07. The van der Waals surface area contributed by atoms with Gasteiger partial charge in [-0.05, 0) is 52.9 Å². The van der Waals surface area contributed by atoms with Gasteiger partial charge in [0.1, 0.15) is 5.92 Å². The van der Waals surface area contributed by atoms with E-state index in [0.29, 0.717) is 6.42 Å². The number of hydrogen-bond donors (Lipinski definition) is 0. The van der Waals surface area contributed by atoms with E-state index in [1.54, 1.807) is 24.3 Å². The van der Waals surface area contributed by atoms with Gasteiger partial charge in [-0.3, -0.25) is 9.59 Å². The molecule has 0 fully saturated rings. The quantitative estimate of drug-likeness (QED) is 0.628. The summed E-state index contributed by atoms with van der Waals surface area (Å²) < 4.78 is 5.14. The number of hydrogen-bond acceptors (Lipinski definition) is 4. The fourth-order valence-corrected chi connectivity index (χ4v) is 3.73. The Bertz CT molecular complexity index is 716. The van der Waals surface area contributed by atoms with E-state index in [0.717, 1.165) is 16.7 Å². The Labute approximate surface area is 139 Å². The zero-order valence-electron chi connectivity index (χ0n) is 12.9. The third kappa shape index (κ3) is 3.27. The molecule has 1 aromatic heterocycles. The molecule has 0 aliphatic heterocycles. The van der Waals surface area contributed by atoms with Gasteiger partial charge in [-0.25, -0.2) is 0 Å². The molecule has 0 saturated heterocycles. The molecule has 0 amide bonds. The normalized spacial score (nSPS) is 20.9. The number of ketones is 1. The molecule has 2 atom stereocenters. The van der Waals surface area contributed by atoms with E-state index in [-0.39, 0.29) is 18.3 Å². The predicted molar refractivity (Wildman–Crippen MR) is 91.2 cm³/mol. The maximum Gasteiger partial charge on any atom is 0.317 e. The van der Waals surface area contributed by atoms with E-state index in [1.165, 1.54) is 0 Å². The molecule has 0 bridgehead atoms. The molecule has 0 spiro atoms. The zero-order valence-corrected chi connectivity index (χ0v) is 13.7. The molecule has 1 aliphatic rings. The number of carbonyl (C=O) groups excluding carboxylic acids is 2. The second kappa shape index (κ2) is 6.92. The molecule has 4 heteroatoms. The van der Waals surface area contributed by atoms with Gasteiger partial charge >= 0.3 is 5.97 Å². The average molecular weight is 326 g/mol. The number of esters is 1. The van der Waals surface area contributed by atoms with Crippen molar-refractivity contribution in [2.24, 2.45) is 5.92 Å². The lowest BCUT2D eigenvalue weighted by Gasteiger charge is -2.29. The molecule has 2 aromatic rings. The highest BCUT2D eigenvalue weighted by atomic mass is 32.1. The monoisotopic (exact) mass is 326 g/mol. The second-order valence-corrected chi connectivity index (χ2v) is 6.32. The maximum atomic E-state index is 12.6. The minimum Gasteiger partial charge on any atom is -0.465 e. The first kappa shape index (κ1) is 15.7. The highest BCUT2D eigenvalue weighted by Crippen LogP contribution is 2.40. The van der Waals surface area contributed by atoms with Crippen molar-refractivity contribution in [1.29, 1.82) is 0 Å². The van der Waals surface area contributed by atoms with Gasteiger partial charge in [-0.15, -0.1) is 0 Å². The first-order valence-electron chi connectivity index (χ1n) is 7.69. The highest BCUT2D eigenvalue weighted by molar-refractivity contribution is 7.08. The van der Waals surface area contributed by atoms with E-state index >= 15 is 0 Å². The Hall–Kier alpha value is -2.20. The molecule has 3 rings (SSSR count). The first-order valence-corrected chi connectivity index (χ1v) is 8.63. The highest BCUT2D eigenvalue weighted by Gasteiger charge is 2.39. The summed E-state index contributed by atoms with van der Waals surface area (Å²) in [6.07, 6.45) is 2.28. The Morgan fingerprint density at radius 3 is 2.70 bits per heavy atom. The summed E-state index contributed by atoms with van der Waals surface area (Å²) in [6.45, 7) is 2.04. The minimum absolute atomic E-state index is 0.162. The van der Waals surface area contributed by atoms with Crippen LogP contribution in [0.3, 0.4) is 0 Å². The molecule has 2 unspecified atom stereocenters. The van der Waals surface area contributed by atoms with Crippen LogP contribution in [0.25, 0.3) is 5.57 Å². The summed E-state index contributed by atoms with van der Waals surface area (Å²) in [7, 11) is 0. The molecular formula is C19H18O3S. The Morgan fingerprint density at radius 1 is 1.26 bits per heavy atom. The van der Waals surface area contributed by atoms with Gasteiger partial charge in [-0.1, -0.05) is 30.3 Å². The van der Waals surface area contributed by atoms with Gasteiger partial charge < -0.3 is 4.74 Å². The van der Waals surface area contributed by atoms with Crippen LogP contribution in [0.2, 0.25) is 0 Å². The standard InChI is InChI=1S/C19H18O3S/c1-2-22-19(21)18-16(13-6-4-3-5-7-13)10-15(11-17(18)20)14-8-9-23-12-14/h3-9,11-12,16,18H,2,10H2,1H3. The number of carbonyl (C=O) groups is 2. The van der Waals surface area contributed by atoms with Gasteiger partial charge in [0.2, 0.25) is 0 Å². The summed E-state index contributed by atoms with van der Waals surface area (Å²) in [5.41, 5.74) is 3.05. The molecule has 0 N–H and O–H groups in total. The Balaban J connectivity index is 2.00. The van der Waals surface area contributed by atoms with Crippen LogP contribution in [-0.4, -0.2) is 18.4 Å². The number of benzene rings is 1. The molecule has 23 heavy (non-hydrogen) atoms. The van der Waals surface area contributed by atoms with Crippen LogP contribution in [0.1, 0.15) is 30.4 Å². The van der Waals surface area contributed by atoms with Gasteiger partial charge in [-0.2, -0.15) is 11.3 Å². The first-order chi connectivity index (χ1) is 11.2. The summed E-state index contributed by atoms with van der Waals surface area (Å²) >= 11 is 1.60. The van der Waals surface area contributed by atoms with Crippen molar-refractivity contribution in [2.45, 2.75) is 19.3 Å². The van der Waals surface area contributed by atoms with Gasteiger partial charge in [0.15, 0.2) is 5.78 Å². The maximum absolute atomic E-state index is 12.6. The number of thiophene rings is 1. The molecule has 0 radical (unpaired) electrons. The summed E-state index contributed by atoms with van der Waals surface area (Å²) in [6, 6.07) is 11.8. The smallest absolute Gasteiger partial charge is 0.317 e. The van der Waals surface area contributed by atoms with Crippen LogP contribution in [0, 0.1) is 5.92 Å². The van der Waals surface area contributed by atoms with Crippen LogP contribution >= 0.6 is 11.3 Å². The molecule has 3 nitrogen and oxygen atoms in total. The SMILES string of the molecule is CCOC(=O)C1C(=O)C=C(c2ccsc2)CC1c1ccccc1. The second-order valence-electron chi connectivity index (χ2n) is 5.53. The van der Waals surface area contributed by atoms with Crippen molar-refractivity contribution in [3.05, 3.63) is 64.4 Å². The van der Waals surface area contributed by atoms with Crippen LogP contribution in [-0.2, 0) is 14.3 Å². The fraction of sp³-hybridized carbons (Fsp3) is 0.263. The van der Waals surface area contributed by atoms with Crippen molar-refractivity contribution in [3.63, 3.8) is 0 Å². The van der Waals surface area contributed by atoms with Crippen molar-refractivity contribution in [1.82, 2.24) is 0 Å². The molecule has 1 aromatic carbocycles. The third-order valence-electron chi connectivity index (χ3n) is 4.13. The van der Waals surface area contributed by atoms with Crippen LogP contribution in [0.5, 0.6) is 0 Å². The van der Waals surface area contributed by atoms with Crippen molar-refractivity contribution < 1.29 is 14.3 Å².